The van der Waals surface area contributed by atoms with Crippen LogP contribution in [-0.4, -0.2) is 11.4 Å². The van der Waals surface area contributed by atoms with Gasteiger partial charge >= 0.3 is 0 Å². The number of hydrogen-bond donors (Lipinski definition) is 0. The lowest BCUT2D eigenvalue weighted by atomic mass is 10.1. The maximum absolute atomic E-state index is 6.27. The molecule has 0 saturated carbocycles. The van der Waals surface area contributed by atoms with Gasteiger partial charge in [0.1, 0.15) is 0 Å². The average molecular weight is 318 g/mol. The molecular formula is C18H20ClNS. The number of fused-ring (bicyclic) bond motifs is 1. The zero-order valence-corrected chi connectivity index (χ0v) is 13.9. The van der Waals surface area contributed by atoms with Crippen molar-refractivity contribution < 1.29 is 0 Å². The Morgan fingerprint density at radius 1 is 1.38 bits per heavy atom. The highest BCUT2D eigenvalue weighted by molar-refractivity contribution is 7.12. The Labute approximate surface area is 135 Å². The number of benzene rings is 1. The molecule has 0 atom stereocenters. The van der Waals surface area contributed by atoms with Gasteiger partial charge in [0, 0.05) is 40.8 Å². The van der Waals surface area contributed by atoms with E-state index in [2.05, 4.69) is 36.6 Å². The number of halogens is 1. The molecule has 0 saturated heterocycles. The van der Waals surface area contributed by atoms with Gasteiger partial charge in [-0.25, -0.2) is 0 Å². The molecule has 2 heterocycles. The Kier molecular flexibility index (Phi) is 4.48. The Morgan fingerprint density at radius 2 is 2.19 bits per heavy atom. The van der Waals surface area contributed by atoms with Crippen LogP contribution < -0.4 is 0 Å². The van der Waals surface area contributed by atoms with E-state index in [1.165, 1.54) is 21.6 Å². The molecule has 1 aromatic heterocycles. The summed E-state index contributed by atoms with van der Waals surface area (Å²) in [6.45, 7) is 9.20. The SMILES string of the molecule is C=C(C)Cc1cc2c(s1)CCN(Cc1ccccc1Cl)C2. The molecule has 1 nitrogen and oxygen atoms in total. The number of thiophene rings is 1. The standard InChI is InChI=1S/C18H20ClNS/c1-13(2)9-16-10-15-12-20(8-7-18(15)21-16)11-14-5-3-4-6-17(14)19/h3-6,10H,1,7-9,11-12H2,2H3. The number of allylic oxidation sites excluding steroid dienone is 1. The molecule has 3 rings (SSSR count). The first-order valence-corrected chi connectivity index (χ1v) is 8.52. The summed E-state index contributed by atoms with van der Waals surface area (Å²) in [6.07, 6.45) is 2.17. The van der Waals surface area contributed by atoms with E-state index in [9.17, 15) is 0 Å². The summed E-state index contributed by atoms with van der Waals surface area (Å²) < 4.78 is 0. The van der Waals surface area contributed by atoms with Crippen molar-refractivity contribution in [2.45, 2.75) is 32.9 Å². The fourth-order valence-corrected chi connectivity index (χ4v) is 4.32. The first-order valence-electron chi connectivity index (χ1n) is 7.32. The Balaban J connectivity index is 1.71. The summed E-state index contributed by atoms with van der Waals surface area (Å²) in [5, 5.41) is 0.872. The van der Waals surface area contributed by atoms with Gasteiger partial charge in [-0.2, -0.15) is 0 Å². The fourth-order valence-electron chi connectivity index (χ4n) is 2.84. The minimum absolute atomic E-state index is 0.872. The van der Waals surface area contributed by atoms with Gasteiger partial charge in [-0.3, -0.25) is 4.90 Å². The van der Waals surface area contributed by atoms with Crippen LogP contribution in [0.4, 0.5) is 0 Å². The third-order valence-electron chi connectivity index (χ3n) is 3.82. The van der Waals surface area contributed by atoms with E-state index in [-0.39, 0.29) is 0 Å². The lowest BCUT2D eigenvalue weighted by Crippen LogP contribution is -2.29. The predicted octanol–water partition coefficient (Wildman–Crippen LogP) is 5.08. The molecular weight excluding hydrogens is 298 g/mol. The minimum Gasteiger partial charge on any atom is -0.294 e. The monoisotopic (exact) mass is 317 g/mol. The summed E-state index contributed by atoms with van der Waals surface area (Å²) >= 11 is 8.23. The first kappa shape index (κ1) is 14.8. The lowest BCUT2D eigenvalue weighted by Gasteiger charge is -2.27. The number of hydrogen-bond acceptors (Lipinski definition) is 2. The number of nitrogens with zero attached hydrogens (tertiary/aromatic N) is 1. The minimum atomic E-state index is 0.872. The topological polar surface area (TPSA) is 3.24 Å². The summed E-state index contributed by atoms with van der Waals surface area (Å²) in [7, 11) is 0. The van der Waals surface area contributed by atoms with Crippen LogP contribution in [0.5, 0.6) is 0 Å². The fraction of sp³-hybridized carbons (Fsp3) is 0.333. The van der Waals surface area contributed by atoms with E-state index in [1.807, 2.05) is 23.5 Å². The molecule has 0 amide bonds. The maximum Gasteiger partial charge on any atom is 0.0451 e. The van der Waals surface area contributed by atoms with Gasteiger partial charge in [0.25, 0.3) is 0 Å². The average Bonchev–Trinajstić information content (AvgIpc) is 2.82. The molecule has 0 radical (unpaired) electrons. The Bertz CT molecular complexity index is 659. The van der Waals surface area contributed by atoms with Crippen molar-refractivity contribution in [2.24, 2.45) is 0 Å². The van der Waals surface area contributed by atoms with Crippen molar-refractivity contribution in [1.29, 1.82) is 0 Å². The molecule has 110 valence electrons. The highest BCUT2D eigenvalue weighted by Gasteiger charge is 2.19. The molecule has 21 heavy (non-hydrogen) atoms. The summed E-state index contributed by atoms with van der Waals surface area (Å²) in [4.78, 5) is 5.50. The molecule has 0 aliphatic carbocycles. The van der Waals surface area contributed by atoms with Crippen molar-refractivity contribution in [3.8, 4) is 0 Å². The van der Waals surface area contributed by atoms with Gasteiger partial charge in [-0.05, 0) is 36.6 Å². The van der Waals surface area contributed by atoms with Crippen LogP contribution >= 0.6 is 22.9 Å². The van der Waals surface area contributed by atoms with Crippen LogP contribution in [0.2, 0.25) is 5.02 Å². The molecule has 1 aromatic carbocycles. The normalized spacial score (nSPS) is 15.0. The van der Waals surface area contributed by atoms with Crippen LogP contribution in [0, 0.1) is 0 Å². The van der Waals surface area contributed by atoms with Crippen molar-refractivity contribution >= 4 is 22.9 Å². The van der Waals surface area contributed by atoms with E-state index in [4.69, 9.17) is 11.6 Å². The largest absolute Gasteiger partial charge is 0.294 e. The molecule has 0 spiro atoms. The second-order valence-electron chi connectivity index (χ2n) is 5.85. The second-order valence-corrected chi connectivity index (χ2v) is 7.48. The summed E-state index contributed by atoms with van der Waals surface area (Å²) in [6, 6.07) is 10.5. The second kappa shape index (κ2) is 6.35. The summed E-state index contributed by atoms with van der Waals surface area (Å²) in [5.41, 5.74) is 3.95. The molecule has 1 aliphatic heterocycles. The Hall–Kier alpha value is -1.09. The molecule has 0 bridgehead atoms. The first-order chi connectivity index (χ1) is 10.1. The van der Waals surface area contributed by atoms with Gasteiger partial charge in [0.05, 0.1) is 0 Å². The lowest BCUT2D eigenvalue weighted by molar-refractivity contribution is 0.247. The van der Waals surface area contributed by atoms with Crippen LogP contribution in [0.3, 0.4) is 0 Å². The van der Waals surface area contributed by atoms with Crippen molar-refractivity contribution in [2.75, 3.05) is 6.54 Å². The molecule has 1 aliphatic rings. The molecule has 0 fully saturated rings. The molecule has 0 unspecified atom stereocenters. The van der Waals surface area contributed by atoms with Crippen LogP contribution in [0.25, 0.3) is 0 Å². The van der Waals surface area contributed by atoms with E-state index in [0.717, 1.165) is 37.5 Å². The molecule has 0 N–H and O–H groups in total. The zero-order chi connectivity index (χ0) is 14.8. The van der Waals surface area contributed by atoms with Gasteiger partial charge < -0.3 is 0 Å². The quantitative estimate of drug-likeness (QED) is 0.711. The van der Waals surface area contributed by atoms with Crippen LogP contribution in [-0.2, 0) is 25.9 Å². The third-order valence-corrected chi connectivity index (χ3v) is 5.43. The van der Waals surface area contributed by atoms with E-state index >= 15 is 0 Å². The van der Waals surface area contributed by atoms with E-state index in [1.54, 1.807) is 4.88 Å². The third kappa shape index (κ3) is 3.57. The maximum atomic E-state index is 6.27. The van der Waals surface area contributed by atoms with E-state index < -0.39 is 0 Å². The van der Waals surface area contributed by atoms with Crippen LogP contribution in [0.15, 0.2) is 42.5 Å². The van der Waals surface area contributed by atoms with Crippen molar-refractivity contribution in [1.82, 2.24) is 4.90 Å². The highest BCUT2D eigenvalue weighted by Crippen LogP contribution is 2.30. The van der Waals surface area contributed by atoms with Gasteiger partial charge in [-0.15, -0.1) is 11.3 Å². The molecule has 3 heteroatoms. The van der Waals surface area contributed by atoms with Crippen molar-refractivity contribution in [3.05, 3.63) is 68.4 Å². The predicted molar refractivity (Wildman–Crippen MR) is 92.1 cm³/mol. The molecule has 2 aromatic rings. The van der Waals surface area contributed by atoms with Gasteiger partial charge in [-0.1, -0.05) is 42.0 Å². The number of rotatable bonds is 4. The smallest absolute Gasteiger partial charge is 0.0451 e. The van der Waals surface area contributed by atoms with Crippen molar-refractivity contribution in [3.63, 3.8) is 0 Å². The van der Waals surface area contributed by atoms with Gasteiger partial charge in [0.15, 0.2) is 0 Å². The Morgan fingerprint density at radius 3 is 2.95 bits per heavy atom. The summed E-state index contributed by atoms with van der Waals surface area (Å²) in [5.74, 6) is 0. The van der Waals surface area contributed by atoms with Gasteiger partial charge in [0.2, 0.25) is 0 Å². The van der Waals surface area contributed by atoms with E-state index in [0.29, 0.717) is 0 Å². The zero-order valence-electron chi connectivity index (χ0n) is 12.4. The van der Waals surface area contributed by atoms with Crippen LogP contribution in [0.1, 0.15) is 27.8 Å². The highest BCUT2D eigenvalue weighted by atomic mass is 35.5.